The fourth-order valence-electron chi connectivity index (χ4n) is 2.47. The Kier molecular flexibility index (Phi) is 4.73. The minimum atomic E-state index is -3.78. The minimum Gasteiger partial charge on any atom is -0.501 e. The van der Waals surface area contributed by atoms with Crippen molar-refractivity contribution in [2.75, 3.05) is 12.9 Å². The average molecular weight is 370 g/mol. The van der Waals surface area contributed by atoms with Gasteiger partial charge in [-0.25, -0.2) is 0 Å². The van der Waals surface area contributed by atoms with Crippen LogP contribution < -0.4 is 9.47 Å². The van der Waals surface area contributed by atoms with Gasteiger partial charge in [-0.1, -0.05) is 0 Å². The van der Waals surface area contributed by atoms with E-state index >= 15 is 0 Å². The number of rotatable bonds is 7. The maximum atomic E-state index is 13.3. The molecule has 0 spiro atoms. The molecule has 0 saturated heterocycles. The highest BCUT2D eigenvalue weighted by Gasteiger charge is 2.45. The van der Waals surface area contributed by atoms with Crippen molar-refractivity contribution in [3.05, 3.63) is 29.5 Å². The smallest absolute Gasteiger partial charge is 0.501 e. The summed E-state index contributed by atoms with van der Waals surface area (Å²) in [5.41, 5.74) is 0.0257. The third-order valence-corrected chi connectivity index (χ3v) is 4.61. The minimum absolute atomic E-state index is 0.0784. The second-order valence-electron chi connectivity index (χ2n) is 5.60. The number of alkyl halides is 2. The first-order valence-corrected chi connectivity index (χ1v) is 8.98. The van der Waals surface area contributed by atoms with Crippen molar-refractivity contribution >= 4 is 23.3 Å². The predicted octanol–water partition coefficient (Wildman–Crippen LogP) is 3.81. The number of thioether (sulfide) groups is 1. The average Bonchev–Trinajstić information content (AvgIpc) is 3.36. The van der Waals surface area contributed by atoms with Crippen molar-refractivity contribution in [2.45, 2.75) is 31.0 Å². The fourth-order valence-corrected chi connectivity index (χ4v) is 3.18. The van der Waals surface area contributed by atoms with E-state index in [0.717, 1.165) is 30.9 Å². The highest BCUT2D eigenvalue weighted by Crippen LogP contribution is 2.48. The number of fused-ring (bicyclic) bond motifs is 1. The van der Waals surface area contributed by atoms with Crippen LogP contribution in [-0.4, -0.2) is 30.7 Å². The summed E-state index contributed by atoms with van der Waals surface area (Å²) in [7, 11) is 0. The zero-order valence-corrected chi connectivity index (χ0v) is 14.5. The van der Waals surface area contributed by atoms with E-state index in [1.54, 1.807) is 13.2 Å². The molecular formula is C17H16F2O5S. The molecule has 0 atom stereocenters. The second-order valence-corrected chi connectivity index (χ2v) is 6.41. The van der Waals surface area contributed by atoms with Crippen molar-refractivity contribution in [3.8, 4) is 11.5 Å². The summed E-state index contributed by atoms with van der Waals surface area (Å²) in [6, 6.07) is 2.60. The molecule has 5 nitrogen and oxygen atoms in total. The quantitative estimate of drug-likeness (QED) is 0.182. The van der Waals surface area contributed by atoms with Crippen LogP contribution >= 0.6 is 11.8 Å². The molecule has 2 aliphatic rings. The van der Waals surface area contributed by atoms with Crippen molar-refractivity contribution in [3.63, 3.8) is 0 Å². The number of Topliss-reactive ketones (excluding diaryl/α,β-unsaturated/α-hetero) is 2. The van der Waals surface area contributed by atoms with Crippen molar-refractivity contribution in [1.82, 2.24) is 0 Å². The fraction of sp³-hybridized carbons (Fsp3) is 0.412. The molecule has 1 heterocycles. The number of hydrogen-bond acceptors (Lipinski definition) is 6. The monoisotopic (exact) mass is 370 g/mol. The maximum Gasteiger partial charge on any atom is 0.586 e. The Balaban J connectivity index is 2.00. The molecule has 0 aromatic heterocycles. The van der Waals surface area contributed by atoms with Gasteiger partial charge in [-0.3, -0.25) is 9.59 Å². The first-order chi connectivity index (χ1) is 11.9. The summed E-state index contributed by atoms with van der Waals surface area (Å²) in [4.78, 5) is 25.5. The van der Waals surface area contributed by atoms with Crippen LogP contribution in [0, 0.1) is 5.92 Å². The van der Waals surface area contributed by atoms with E-state index in [1.807, 2.05) is 0 Å². The Morgan fingerprint density at radius 3 is 2.68 bits per heavy atom. The highest BCUT2D eigenvalue weighted by atomic mass is 32.2. The first kappa shape index (κ1) is 17.7. The lowest BCUT2D eigenvalue weighted by atomic mass is 9.98. The molecule has 3 rings (SSSR count). The molecule has 0 radical (unpaired) electrons. The number of hydrogen-bond donors (Lipinski definition) is 0. The van der Waals surface area contributed by atoms with Crippen LogP contribution in [0.5, 0.6) is 11.5 Å². The number of carbonyl (C=O) groups excluding carboxylic acids is 2. The Labute approximate surface area is 147 Å². The van der Waals surface area contributed by atoms with Crippen molar-refractivity contribution in [1.29, 1.82) is 0 Å². The van der Waals surface area contributed by atoms with Gasteiger partial charge in [-0.2, -0.15) is 0 Å². The molecule has 134 valence electrons. The largest absolute Gasteiger partial charge is 0.586 e. The van der Waals surface area contributed by atoms with Gasteiger partial charge in [0, 0.05) is 11.5 Å². The molecule has 1 aromatic carbocycles. The van der Waals surface area contributed by atoms with E-state index in [9.17, 15) is 18.4 Å². The van der Waals surface area contributed by atoms with Crippen LogP contribution in [0.15, 0.2) is 28.9 Å². The topological polar surface area (TPSA) is 61.8 Å². The summed E-state index contributed by atoms with van der Waals surface area (Å²) in [6.45, 7) is 2.04. The molecule has 0 bridgehead atoms. The summed E-state index contributed by atoms with van der Waals surface area (Å²) in [5.74, 6) is -1.37. The van der Waals surface area contributed by atoms with Crippen molar-refractivity contribution in [2.24, 2.45) is 5.92 Å². The van der Waals surface area contributed by atoms with Crippen LogP contribution in [-0.2, 0) is 9.53 Å². The molecule has 1 saturated carbocycles. The molecule has 0 unspecified atom stereocenters. The van der Waals surface area contributed by atoms with Gasteiger partial charge in [0.1, 0.15) is 5.57 Å². The SMILES string of the molecule is CCOC=C(C(=O)c1ccc2c(c1SC)OC(F)(F)O2)C(=O)C1CC1. The molecule has 1 fully saturated rings. The van der Waals surface area contributed by atoms with E-state index in [2.05, 4.69) is 9.47 Å². The number of benzene rings is 1. The summed E-state index contributed by atoms with van der Waals surface area (Å²) in [5, 5.41) is 0. The summed E-state index contributed by atoms with van der Waals surface area (Å²) in [6.07, 6.45) is 0.478. The molecule has 1 aromatic rings. The van der Waals surface area contributed by atoms with Crippen LogP contribution in [0.25, 0.3) is 0 Å². The third-order valence-electron chi connectivity index (χ3n) is 3.80. The molecule has 0 amide bonds. The van der Waals surface area contributed by atoms with Gasteiger partial charge < -0.3 is 14.2 Å². The van der Waals surface area contributed by atoms with Crippen LogP contribution in [0.3, 0.4) is 0 Å². The Bertz CT molecular complexity index is 756. The van der Waals surface area contributed by atoms with Crippen LogP contribution in [0.4, 0.5) is 8.78 Å². The summed E-state index contributed by atoms with van der Waals surface area (Å²) >= 11 is 1.07. The number of ketones is 2. The number of allylic oxidation sites excluding steroid dienone is 1. The van der Waals surface area contributed by atoms with E-state index in [1.165, 1.54) is 12.1 Å². The number of halogens is 2. The highest BCUT2D eigenvalue weighted by molar-refractivity contribution is 7.98. The maximum absolute atomic E-state index is 13.3. The van der Waals surface area contributed by atoms with E-state index < -0.39 is 12.1 Å². The van der Waals surface area contributed by atoms with Gasteiger partial charge in [0.15, 0.2) is 17.3 Å². The number of carbonyl (C=O) groups is 2. The van der Waals surface area contributed by atoms with E-state index in [0.29, 0.717) is 6.61 Å². The Morgan fingerprint density at radius 1 is 1.36 bits per heavy atom. The standard InChI is InChI=1S/C17H16F2O5S/c1-3-22-8-11(13(20)9-4-5-9)14(21)10-6-7-12-15(16(10)25-2)24-17(18,19)23-12/h6-9H,3-5H2,1-2H3. The van der Waals surface area contributed by atoms with Gasteiger partial charge in [-0.15, -0.1) is 20.5 Å². The lowest BCUT2D eigenvalue weighted by Gasteiger charge is -2.11. The van der Waals surface area contributed by atoms with Gasteiger partial charge in [-0.05, 0) is 38.2 Å². The van der Waals surface area contributed by atoms with Gasteiger partial charge in [0.05, 0.1) is 17.8 Å². The molecule has 8 heteroatoms. The van der Waals surface area contributed by atoms with Gasteiger partial charge >= 0.3 is 6.29 Å². The molecular weight excluding hydrogens is 354 g/mol. The molecule has 25 heavy (non-hydrogen) atoms. The predicted molar refractivity (Wildman–Crippen MR) is 86.2 cm³/mol. The van der Waals surface area contributed by atoms with Crippen LogP contribution in [0.2, 0.25) is 0 Å². The van der Waals surface area contributed by atoms with E-state index in [-0.39, 0.29) is 39.2 Å². The normalized spacial score (nSPS) is 18.2. The molecule has 1 aliphatic carbocycles. The summed E-state index contributed by atoms with van der Waals surface area (Å²) < 4.78 is 40.7. The Hall–Kier alpha value is -2.09. The van der Waals surface area contributed by atoms with Crippen molar-refractivity contribution < 1.29 is 32.6 Å². The second kappa shape index (κ2) is 6.67. The third kappa shape index (κ3) is 3.49. The lowest BCUT2D eigenvalue weighted by Crippen LogP contribution is -2.26. The number of ether oxygens (including phenoxy) is 3. The van der Waals surface area contributed by atoms with Gasteiger partial charge in [0.25, 0.3) is 0 Å². The zero-order chi connectivity index (χ0) is 18.2. The van der Waals surface area contributed by atoms with E-state index in [4.69, 9.17) is 4.74 Å². The van der Waals surface area contributed by atoms with Crippen LogP contribution in [0.1, 0.15) is 30.1 Å². The molecule has 0 N–H and O–H groups in total. The lowest BCUT2D eigenvalue weighted by molar-refractivity contribution is -0.287. The molecule has 1 aliphatic heterocycles. The Morgan fingerprint density at radius 2 is 2.08 bits per heavy atom. The zero-order valence-electron chi connectivity index (χ0n) is 13.6. The first-order valence-electron chi connectivity index (χ1n) is 7.75. The van der Waals surface area contributed by atoms with Gasteiger partial charge in [0.2, 0.25) is 5.78 Å².